The van der Waals surface area contributed by atoms with Crippen molar-refractivity contribution in [1.29, 1.82) is 5.26 Å². The van der Waals surface area contributed by atoms with Crippen LogP contribution in [0.25, 0.3) is 0 Å². The average Bonchev–Trinajstić information content (AvgIpc) is 2.71. The van der Waals surface area contributed by atoms with Gasteiger partial charge in [0.1, 0.15) is 23.4 Å². The van der Waals surface area contributed by atoms with Gasteiger partial charge in [-0.05, 0) is 24.3 Å². The lowest BCUT2D eigenvalue weighted by atomic mass is 10.0. The standard InChI is InChI=1S/C17H8ClF6NO2/c18-16(22)14(26)12-10(17(16,23)24)1-2-11(13(12)15(20)21)27-9-4-7(6-25)3-8(19)5-9/h1-5,14-15,26H. The highest BCUT2D eigenvalue weighted by Crippen LogP contribution is 2.61. The molecule has 1 N–H and O–H groups in total. The summed E-state index contributed by atoms with van der Waals surface area (Å²) in [6.07, 6.45) is -6.20. The molecule has 0 radical (unpaired) electrons. The number of aliphatic hydroxyl groups is 1. The molecule has 1 aliphatic carbocycles. The molecule has 0 aliphatic heterocycles. The highest BCUT2D eigenvalue weighted by Gasteiger charge is 2.67. The molecule has 3 rings (SSSR count). The second-order valence-electron chi connectivity index (χ2n) is 5.73. The molecular formula is C17H8ClF6NO2. The van der Waals surface area contributed by atoms with Crippen LogP contribution in [0.3, 0.4) is 0 Å². The Balaban J connectivity index is 2.17. The molecule has 3 nitrogen and oxygen atoms in total. The van der Waals surface area contributed by atoms with Crippen LogP contribution in [0.2, 0.25) is 0 Å². The van der Waals surface area contributed by atoms with Crippen molar-refractivity contribution in [3.63, 3.8) is 0 Å². The summed E-state index contributed by atoms with van der Waals surface area (Å²) in [5, 5.41) is 14.6. The number of fused-ring (bicyclic) bond motifs is 1. The number of hydrogen-bond acceptors (Lipinski definition) is 3. The van der Waals surface area contributed by atoms with Crippen molar-refractivity contribution in [3.05, 3.63) is 58.4 Å². The minimum Gasteiger partial charge on any atom is -0.457 e. The normalized spacial score (nSPS) is 23.2. The molecule has 2 unspecified atom stereocenters. The smallest absolute Gasteiger partial charge is 0.323 e. The lowest BCUT2D eigenvalue weighted by Crippen LogP contribution is -2.35. The molecular weight excluding hydrogens is 400 g/mol. The minimum atomic E-state index is -4.43. The quantitative estimate of drug-likeness (QED) is 0.542. The lowest BCUT2D eigenvalue weighted by Gasteiger charge is -2.22. The molecule has 1 aliphatic rings. The minimum absolute atomic E-state index is 0.181. The largest absolute Gasteiger partial charge is 0.457 e. The SMILES string of the molecule is N#Cc1cc(F)cc(Oc2ccc3c(c2C(F)F)C(O)C(F)(Cl)C3(F)F)c1. The molecule has 0 fully saturated rings. The first-order valence-corrected chi connectivity index (χ1v) is 7.66. The summed E-state index contributed by atoms with van der Waals surface area (Å²) in [5.41, 5.74) is -3.68. The zero-order chi connectivity index (χ0) is 20.1. The number of aliphatic hydroxyl groups excluding tert-OH is 1. The maximum absolute atomic E-state index is 14.1. The Hall–Kier alpha value is -2.44. The van der Waals surface area contributed by atoms with Crippen molar-refractivity contribution in [1.82, 2.24) is 0 Å². The fourth-order valence-corrected chi connectivity index (χ4v) is 3.06. The lowest BCUT2D eigenvalue weighted by molar-refractivity contribution is -0.129. The number of nitriles is 1. The van der Waals surface area contributed by atoms with Crippen molar-refractivity contribution in [2.24, 2.45) is 0 Å². The molecule has 0 saturated carbocycles. The summed E-state index contributed by atoms with van der Waals surface area (Å²) in [6.45, 7) is 0. The Morgan fingerprint density at radius 2 is 1.85 bits per heavy atom. The first-order chi connectivity index (χ1) is 12.5. The molecule has 0 spiro atoms. The van der Waals surface area contributed by atoms with Gasteiger partial charge in [0.2, 0.25) is 0 Å². The van der Waals surface area contributed by atoms with Crippen LogP contribution < -0.4 is 4.74 Å². The monoisotopic (exact) mass is 407 g/mol. The molecule has 0 amide bonds. The van der Waals surface area contributed by atoms with Crippen LogP contribution >= 0.6 is 11.6 Å². The summed E-state index contributed by atoms with van der Waals surface area (Å²) in [6, 6.07) is 5.58. The number of benzene rings is 2. The van der Waals surface area contributed by atoms with Crippen LogP contribution in [0.1, 0.15) is 34.8 Å². The molecule has 10 heteroatoms. The van der Waals surface area contributed by atoms with Crippen LogP contribution in [0, 0.1) is 17.1 Å². The van der Waals surface area contributed by atoms with Crippen molar-refractivity contribution in [2.45, 2.75) is 23.6 Å². The molecule has 2 aromatic carbocycles. The van der Waals surface area contributed by atoms with Gasteiger partial charge in [-0.3, -0.25) is 0 Å². The molecule has 2 atom stereocenters. The van der Waals surface area contributed by atoms with Crippen LogP contribution in [0.5, 0.6) is 11.5 Å². The van der Waals surface area contributed by atoms with Crippen molar-refractivity contribution in [2.75, 3.05) is 0 Å². The molecule has 2 aromatic rings. The third-order valence-corrected chi connectivity index (χ3v) is 4.51. The highest BCUT2D eigenvalue weighted by atomic mass is 35.5. The molecule has 142 valence electrons. The Morgan fingerprint density at radius 1 is 1.19 bits per heavy atom. The van der Waals surface area contributed by atoms with E-state index in [-0.39, 0.29) is 11.3 Å². The van der Waals surface area contributed by atoms with Gasteiger partial charge in [-0.1, -0.05) is 11.6 Å². The number of nitrogens with zero attached hydrogens (tertiary/aromatic N) is 1. The highest BCUT2D eigenvalue weighted by molar-refractivity contribution is 6.24. The van der Waals surface area contributed by atoms with E-state index in [4.69, 9.17) is 21.6 Å². The Bertz CT molecular complexity index is 957. The second-order valence-corrected chi connectivity index (χ2v) is 6.28. The van der Waals surface area contributed by atoms with Crippen molar-refractivity contribution < 1.29 is 36.2 Å². The summed E-state index contributed by atoms with van der Waals surface area (Å²) in [5.74, 6) is -6.43. The van der Waals surface area contributed by atoms with E-state index in [1.54, 1.807) is 6.07 Å². The van der Waals surface area contributed by atoms with E-state index >= 15 is 0 Å². The molecule has 0 bridgehead atoms. The summed E-state index contributed by atoms with van der Waals surface area (Å²) in [7, 11) is 0. The number of ether oxygens (including phenoxy) is 1. The predicted octanol–water partition coefficient (Wildman–Crippen LogP) is 5.47. The van der Waals surface area contributed by atoms with Gasteiger partial charge >= 0.3 is 5.92 Å². The second kappa shape index (κ2) is 6.32. The van der Waals surface area contributed by atoms with Gasteiger partial charge in [-0.15, -0.1) is 0 Å². The van der Waals surface area contributed by atoms with E-state index in [0.717, 1.165) is 18.2 Å². The Kier molecular flexibility index (Phi) is 4.52. The number of rotatable bonds is 3. The first-order valence-electron chi connectivity index (χ1n) is 7.28. The van der Waals surface area contributed by atoms with Gasteiger partial charge in [0.15, 0.2) is 0 Å². The van der Waals surface area contributed by atoms with Crippen LogP contribution in [-0.4, -0.2) is 10.2 Å². The van der Waals surface area contributed by atoms with Gasteiger partial charge in [0.05, 0.1) is 17.2 Å². The fraction of sp³-hybridized carbons (Fsp3) is 0.235. The maximum atomic E-state index is 14.1. The maximum Gasteiger partial charge on any atom is 0.323 e. The molecule has 0 heterocycles. The number of halogens is 7. The zero-order valence-electron chi connectivity index (χ0n) is 13.0. The first kappa shape index (κ1) is 19.3. The van der Waals surface area contributed by atoms with Gasteiger partial charge < -0.3 is 9.84 Å². The predicted molar refractivity (Wildman–Crippen MR) is 81.1 cm³/mol. The topological polar surface area (TPSA) is 53.2 Å². The molecule has 0 saturated heterocycles. The third kappa shape index (κ3) is 2.89. The van der Waals surface area contributed by atoms with Gasteiger partial charge in [0, 0.05) is 17.2 Å². The molecule has 0 aromatic heterocycles. The number of hydrogen-bond donors (Lipinski definition) is 1. The van der Waals surface area contributed by atoms with Gasteiger partial charge in [-0.2, -0.15) is 14.0 Å². The van der Waals surface area contributed by atoms with Crippen molar-refractivity contribution in [3.8, 4) is 17.6 Å². The van der Waals surface area contributed by atoms with Gasteiger partial charge in [-0.25, -0.2) is 17.6 Å². The summed E-state index contributed by atoms with van der Waals surface area (Å²) in [4.78, 5) is 0. The van der Waals surface area contributed by atoms with Crippen molar-refractivity contribution >= 4 is 11.6 Å². The van der Waals surface area contributed by atoms with E-state index < -0.39 is 51.8 Å². The van der Waals surface area contributed by atoms with E-state index in [1.807, 2.05) is 0 Å². The van der Waals surface area contributed by atoms with Crippen LogP contribution in [0.15, 0.2) is 30.3 Å². The van der Waals surface area contributed by atoms with E-state index in [2.05, 4.69) is 0 Å². The summed E-state index contributed by atoms with van der Waals surface area (Å²) >= 11 is 5.09. The van der Waals surface area contributed by atoms with E-state index in [1.165, 1.54) is 0 Å². The third-order valence-electron chi connectivity index (χ3n) is 4.07. The Morgan fingerprint density at radius 3 is 2.44 bits per heavy atom. The Labute approximate surface area is 153 Å². The van der Waals surface area contributed by atoms with Crippen LogP contribution in [-0.2, 0) is 5.92 Å². The zero-order valence-corrected chi connectivity index (χ0v) is 13.7. The van der Waals surface area contributed by atoms with E-state index in [0.29, 0.717) is 12.1 Å². The van der Waals surface area contributed by atoms with Crippen LogP contribution in [0.4, 0.5) is 26.3 Å². The average molecular weight is 408 g/mol. The van der Waals surface area contributed by atoms with E-state index in [9.17, 15) is 31.4 Å². The fourth-order valence-electron chi connectivity index (χ4n) is 2.84. The summed E-state index contributed by atoms with van der Waals surface area (Å²) < 4.78 is 88.0. The molecule has 27 heavy (non-hydrogen) atoms. The number of alkyl halides is 6. The van der Waals surface area contributed by atoms with Gasteiger partial charge in [0.25, 0.3) is 11.6 Å².